The first-order valence-electron chi connectivity index (χ1n) is 9.77. The number of amides is 3. The van der Waals surface area contributed by atoms with Gasteiger partial charge in [-0.2, -0.15) is 0 Å². The second-order valence-electron chi connectivity index (χ2n) is 6.91. The Kier molecular flexibility index (Phi) is 6.94. The summed E-state index contributed by atoms with van der Waals surface area (Å²) < 4.78 is 10.6. The molecule has 3 rings (SSSR count). The maximum absolute atomic E-state index is 12.4. The van der Waals surface area contributed by atoms with Gasteiger partial charge in [-0.1, -0.05) is 12.1 Å². The van der Waals surface area contributed by atoms with Gasteiger partial charge in [-0.15, -0.1) is 0 Å². The minimum absolute atomic E-state index is 0.0691. The van der Waals surface area contributed by atoms with Gasteiger partial charge in [-0.25, -0.2) is 4.79 Å². The number of urea groups is 1. The number of hydrogen-bond donors (Lipinski definition) is 2. The van der Waals surface area contributed by atoms with Gasteiger partial charge >= 0.3 is 6.03 Å². The number of hydrogen-bond acceptors (Lipinski definition) is 4. The van der Waals surface area contributed by atoms with E-state index in [-0.39, 0.29) is 17.9 Å². The van der Waals surface area contributed by atoms with Gasteiger partial charge in [0, 0.05) is 37.7 Å². The smallest absolute Gasteiger partial charge is 0.315 e. The molecule has 154 valence electrons. The van der Waals surface area contributed by atoms with E-state index in [2.05, 4.69) is 10.6 Å². The average Bonchev–Trinajstić information content (AvgIpc) is 3.12. The zero-order chi connectivity index (χ0) is 20.6. The van der Waals surface area contributed by atoms with Gasteiger partial charge in [-0.3, -0.25) is 4.79 Å². The number of carbonyl (C=O) groups excluding carboxylic acids is 2. The van der Waals surface area contributed by atoms with Gasteiger partial charge in [-0.05, 0) is 48.9 Å². The predicted octanol–water partition coefficient (Wildman–Crippen LogP) is 2.95. The predicted molar refractivity (Wildman–Crippen MR) is 111 cm³/mol. The molecule has 1 fully saturated rings. The zero-order valence-electron chi connectivity index (χ0n) is 16.8. The highest BCUT2D eigenvalue weighted by molar-refractivity contribution is 5.95. The Morgan fingerprint density at radius 1 is 1.07 bits per heavy atom. The fourth-order valence-corrected chi connectivity index (χ4v) is 3.28. The Hall–Kier alpha value is -3.22. The molecule has 0 unspecified atom stereocenters. The van der Waals surface area contributed by atoms with Crippen LogP contribution in [0.25, 0.3) is 0 Å². The summed E-state index contributed by atoms with van der Waals surface area (Å²) in [4.78, 5) is 26.2. The van der Waals surface area contributed by atoms with Crippen LogP contribution in [-0.4, -0.2) is 38.7 Å². The van der Waals surface area contributed by atoms with Gasteiger partial charge in [0.05, 0.1) is 13.7 Å². The molecular weight excluding hydrogens is 370 g/mol. The molecule has 0 saturated carbocycles. The summed E-state index contributed by atoms with van der Waals surface area (Å²) in [5.74, 6) is 1.72. The van der Waals surface area contributed by atoms with E-state index in [4.69, 9.17) is 9.47 Å². The SMILES string of the molecule is CCOc1ccc(N2C[C@@H](CNC(=O)NCc3ccc(OC)cc3)CC2=O)cc1. The summed E-state index contributed by atoms with van der Waals surface area (Å²) in [7, 11) is 1.62. The van der Waals surface area contributed by atoms with E-state index in [1.165, 1.54) is 0 Å². The van der Waals surface area contributed by atoms with Crippen molar-refractivity contribution in [2.24, 2.45) is 5.92 Å². The molecule has 0 spiro atoms. The highest BCUT2D eigenvalue weighted by atomic mass is 16.5. The molecule has 1 aliphatic heterocycles. The Balaban J connectivity index is 1.43. The Morgan fingerprint density at radius 2 is 1.76 bits per heavy atom. The Bertz CT molecular complexity index is 821. The van der Waals surface area contributed by atoms with E-state index in [1.807, 2.05) is 55.5 Å². The quantitative estimate of drug-likeness (QED) is 0.718. The van der Waals surface area contributed by atoms with Crippen LogP contribution in [0.5, 0.6) is 11.5 Å². The average molecular weight is 397 g/mol. The lowest BCUT2D eigenvalue weighted by Gasteiger charge is -2.17. The van der Waals surface area contributed by atoms with Crippen molar-refractivity contribution in [1.29, 1.82) is 0 Å². The van der Waals surface area contributed by atoms with Crippen LogP contribution in [0.4, 0.5) is 10.5 Å². The summed E-state index contributed by atoms with van der Waals surface area (Å²) >= 11 is 0. The highest BCUT2D eigenvalue weighted by Gasteiger charge is 2.30. The van der Waals surface area contributed by atoms with Crippen molar-refractivity contribution in [3.8, 4) is 11.5 Å². The first-order chi connectivity index (χ1) is 14.1. The van der Waals surface area contributed by atoms with Crippen LogP contribution in [-0.2, 0) is 11.3 Å². The number of rotatable bonds is 8. The number of carbonyl (C=O) groups is 2. The van der Waals surface area contributed by atoms with Gasteiger partial charge < -0.3 is 25.0 Å². The molecule has 0 radical (unpaired) electrons. The molecule has 1 saturated heterocycles. The van der Waals surface area contributed by atoms with Crippen molar-refractivity contribution in [3.05, 3.63) is 54.1 Å². The molecule has 29 heavy (non-hydrogen) atoms. The number of benzene rings is 2. The van der Waals surface area contributed by atoms with Crippen LogP contribution in [0.3, 0.4) is 0 Å². The largest absolute Gasteiger partial charge is 0.497 e. The van der Waals surface area contributed by atoms with Gasteiger partial charge in [0.2, 0.25) is 5.91 Å². The third-order valence-electron chi connectivity index (χ3n) is 4.83. The highest BCUT2D eigenvalue weighted by Crippen LogP contribution is 2.26. The summed E-state index contributed by atoms with van der Waals surface area (Å²) in [6, 6.07) is 14.8. The third-order valence-corrected chi connectivity index (χ3v) is 4.83. The molecule has 2 aromatic rings. The molecule has 7 heteroatoms. The molecule has 7 nitrogen and oxygen atoms in total. The number of methoxy groups -OCH3 is 1. The number of anilines is 1. The second-order valence-corrected chi connectivity index (χ2v) is 6.91. The lowest BCUT2D eigenvalue weighted by atomic mass is 10.1. The van der Waals surface area contributed by atoms with Crippen molar-refractivity contribution in [1.82, 2.24) is 10.6 Å². The minimum atomic E-state index is -0.243. The van der Waals surface area contributed by atoms with Crippen molar-refractivity contribution < 1.29 is 19.1 Å². The lowest BCUT2D eigenvalue weighted by Crippen LogP contribution is -2.38. The van der Waals surface area contributed by atoms with Crippen molar-refractivity contribution in [2.45, 2.75) is 19.9 Å². The molecule has 3 amide bonds. The second kappa shape index (κ2) is 9.82. The lowest BCUT2D eigenvalue weighted by molar-refractivity contribution is -0.117. The van der Waals surface area contributed by atoms with E-state index in [9.17, 15) is 9.59 Å². The van der Waals surface area contributed by atoms with Crippen molar-refractivity contribution in [3.63, 3.8) is 0 Å². The molecule has 2 aromatic carbocycles. The monoisotopic (exact) mass is 397 g/mol. The summed E-state index contributed by atoms with van der Waals surface area (Å²) in [5, 5.41) is 5.69. The van der Waals surface area contributed by atoms with Crippen LogP contribution >= 0.6 is 0 Å². The zero-order valence-corrected chi connectivity index (χ0v) is 16.8. The molecule has 2 N–H and O–H groups in total. The molecule has 0 bridgehead atoms. The molecule has 1 atom stereocenters. The van der Waals surface area contributed by atoms with E-state index in [0.717, 1.165) is 22.7 Å². The Morgan fingerprint density at radius 3 is 2.41 bits per heavy atom. The summed E-state index contributed by atoms with van der Waals surface area (Å²) in [6.45, 7) is 4.01. The van der Waals surface area contributed by atoms with Gasteiger partial charge in [0.15, 0.2) is 0 Å². The first kappa shape index (κ1) is 20.5. The van der Waals surface area contributed by atoms with Crippen LogP contribution in [0.15, 0.2) is 48.5 Å². The fourth-order valence-electron chi connectivity index (χ4n) is 3.28. The normalized spacial score (nSPS) is 15.9. The maximum Gasteiger partial charge on any atom is 0.315 e. The van der Waals surface area contributed by atoms with Crippen LogP contribution in [0, 0.1) is 5.92 Å². The van der Waals surface area contributed by atoms with Crippen LogP contribution < -0.4 is 25.0 Å². The van der Waals surface area contributed by atoms with Crippen molar-refractivity contribution >= 4 is 17.6 Å². The van der Waals surface area contributed by atoms with Gasteiger partial charge in [0.1, 0.15) is 11.5 Å². The molecule has 1 heterocycles. The third kappa shape index (κ3) is 5.63. The summed E-state index contributed by atoms with van der Waals surface area (Å²) in [6.07, 6.45) is 0.423. The number of nitrogens with zero attached hydrogens (tertiary/aromatic N) is 1. The Labute approximate surface area is 171 Å². The van der Waals surface area contributed by atoms with Gasteiger partial charge in [0.25, 0.3) is 0 Å². The van der Waals surface area contributed by atoms with Crippen molar-refractivity contribution in [2.75, 3.05) is 31.7 Å². The van der Waals surface area contributed by atoms with E-state index in [1.54, 1.807) is 12.0 Å². The minimum Gasteiger partial charge on any atom is -0.497 e. The van der Waals surface area contributed by atoms with E-state index >= 15 is 0 Å². The molecule has 1 aliphatic rings. The topological polar surface area (TPSA) is 79.9 Å². The molecule has 0 aliphatic carbocycles. The molecular formula is C22H27N3O4. The number of ether oxygens (including phenoxy) is 2. The van der Waals surface area contributed by atoms with E-state index in [0.29, 0.717) is 32.7 Å². The van der Waals surface area contributed by atoms with Crippen LogP contribution in [0.2, 0.25) is 0 Å². The molecule has 0 aromatic heterocycles. The fraction of sp³-hybridized carbons (Fsp3) is 0.364. The van der Waals surface area contributed by atoms with Crippen LogP contribution in [0.1, 0.15) is 18.9 Å². The summed E-state index contributed by atoms with van der Waals surface area (Å²) in [5.41, 5.74) is 1.84. The first-order valence-corrected chi connectivity index (χ1v) is 9.77. The maximum atomic E-state index is 12.4. The standard InChI is InChI=1S/C22H27N3O4/c1-3-29-20-10-6-18(7-11-20)25-15-17(12-21(25)26)14-24-22(27)23-13-16-4-8-19(28-2)9-5-16/h4-11,17H,3,12-15H2,1-2H3,(H2,23,24,27)/t17-/m1/s1. The number of nitrogens with one attached hydrogen (secondary N) is 2. The van der Waals surface area contributed by atoms with E-state index < -0.39 is 0 Å².